The number of carbonyl (C=O) groups excluding carboxylic acids is 1. The highest BCUT2D eigenvalue weighted by Gasteiger charge is 2.24. The molecule has 0 saturated heterocycles. The quantitative estimate of drug-likeness (QED) is 0.775. The van der Waals surface area contributed by atoms with Crippen LogP contribution >= 0.6 is 15.9 Å². The summed E-state index contributed by atoms with van der Waals surface area (Å²) in [4.78, 5) is 11.6. The Hall–Kier alpha value is -0.0500. The predicted octanol–water partition coefficient (Wildman–Crippen LogP) is 2.85. The average Bonchev–Trinajstić information content (AvgIpc) is 2.69. The smallest absolute Gasteiger partial charge is 0.233 e. The molecule has 2 atom stereocenters. The normalized spacial score (nSPS) is 21.9. The highest BCUT2D eigenvalue weighted by molar-refractivity contribution is 9.10. The maximum atomic E-state index is 11.6. The van der Waals surface area contributed by atoms with Gasteiger partial charge >= 0.3 is 0 Å². The van der Waals surface area contributed by atoms with Gasteiger partial charge in [0, 0.05) is 6.04 Å². The molecule has 1 N–H and O–H groups in total. The van der Waals surface area contributed by atoms with Crippen molar-refractivity contribution in [2.45, 2.75) is 56.8 Å². The van der Waals surface area contributed by atoms with Gasteiger partial charge in [0.05, 0.1) is 4.83 Å². The first-order chi connectivity index (χ1) is 6.65. The fourth-order valence-corrected chi connectivity index (χ4v) is 2.21. The maximum absolute atomic E-state index is 11.6. The first-order valence-electron chi connectivity index (χ1n) is 5.59. The number of rotatable bonds is 4. The lowest BCUT2D eigenvalue weighted by Gasteiger charge is -2.21. The van der Waals surface area contributed by atoms with Crippen molar-refractivity contribution in [1.82, 2.24) is 5.32 Å². The molecule has 1 rings (SSSR count). The largest absolute Gasteiger partial charge is 0.352 e. The van der Waals surface area contributed by atoms with E-state index in [4.69, 9.17) is 0 Å². The van der Waals surface area contributed by atoms with Gasteiger partial charge in [0.25, 0.3) is 0 Å². The van der Waals surface area contributed by atoms with Gasteiger partial charge in [-0.15, -0.1) is 0 Å². The molecule has 0 aromatic heterocycles. The Kier molecular flexibility index (Phi) is 4.93. The molecule has 0 bridgehead atoms. The number of carbonyl (C=O) groups is 1. The standard InChI is InChI=1S/C11H20BrNO/c1-3-10(12)11(14)13-8(2)9-6-4-5-7-9/h8-10H,3-7H2,1-2H3,(H,13,14)/t8-,10?/m0/s1. The van der Waals surface area contributed by atoms with Gasteiger partial charge in [-0.3, -0.25) is 4.79 Å². The van der Waals surface area contributed by atoms with Gasteiger partial charge in [0.15, 0.2) is 0 Å². The van der Waals surface area contributed by atoms with Crippen LogP contribution in [-0.4, -0.2) is 16.8 Å². The Morgan fingerprint density at radius 1 is 1.50 bits per heavy atom. The Labute approximate surface area is 95.0 Å². The predicted molar refractivity (Wildman–Crippen MR) is 62.6 cm³/mol. The minimum Gasteiger partial charge on any atom is -0.352 e. The molecule has 14 heavy (non-hydrogen) atoms. The van der Waals surface area contributed by atoms with Crippen LogP contribution in [0.4, 0.5) is 0 Å². The van der Waals surface area contributed by atoms with Crippen LogP contribution in [0.2, 0.25) is 0 Å². The van der Waals surface area contributed by atoms with Crippen molar-refractivity contribution in [1.29, 1.82) is 0 Å². The van der Waals surface area contributed by atoms with Gasteiger partial charge in [0.1, 0.15) is 0 Å². The molecule has 1 unspecified atom stereocenters. The van der Waals surface area contributed by atoms with E-state index in [1.807, 2.05) is 6.92 Å². The van der Waals surface area contributed by atoms with Crippen LogP contribution in [0.3, 0.4) is 0 Å². The Bertz CT molecular complexity index is 190. The molecule has 0 heterocycles. The van der Waals surface area contributed by atoms with Crippen molar-refractivity contribution in [3.63, 3.8) is 0 Å². The molecule has 1 fully saturated rings. The van der Waals surface area contributed by atoms with Crippen molar-refractivity contribution in [2.75, 3.05) is 0 Å². The Morgan fingerprint density at radius 3 is 2.57 bits per heavy atom. The number of hydrogen-bond acceptors (Lipinski definition) is 1. The van der Waals surface area contributed by atoms with Gasteiger partial charge in [-0.2, -0.15) is 0 Å². The minimum atomic E-state index is -0.0219. The fraction of sp³-hybridized carbons (Fsp3) is 0.909. The Morgan fingerprint density at radius 2 is 2.07 bits per heavy atom. The van der Waals surface area contributed by atoms with E-state index in [1.54, 1.807) is 0 Å². The average molecular weight is 262 g/mol. The van der Waals surface area contributed by atoms with Gasteiger partial charge in [0.2, 0.25) is 5.91 Å². The first kappa shape index (κ1) is 12.0. The summed E-state index contributed by atoms with van der Waals surface area (Å²) < 4.78 is 0. The zero-order valence-electron chi connectivity index (χ0n) is 9.05. The molecule has 1 amide bonds. The molecule has 0 radical (unpaired) electrons. The van der Waals surface area contributed by atoms with E-state index in [-0.39, 0.29) is 10.7 Å². The van der Waals surface area contributed by atoms with Gasteiger partial charge in [-0.25, -0.2) is 0 Å². The highest BCUT2D eigenvalue weighted by Crippen LogP contribution is 2.27. The molecular weight excluding hydrogens is 242 g/mol. The van der Waals surface area contributed by atoms with Gasteiger partial charge in [-0.05, 0) is 32.1 Å². The van der Waals surface area contributed by atoms with Crippen LogP contribution in [0.15, 0.2) is 0 Å². The van der Waals surface area contributed by atoms with Crippen LogP contribution in [0.1, 0.15) is 46.0 Å². The number of alkyl halides is 1. The number of nitrogens with one attached hydrogen (secondary N) is 1. The fourth-order valence-electron chi connectivity index (χ4n) is 2.08. The van der Waals surface area contributed by atoms with Crippen molar-refractivity contribution in [3.8, 4) is 0 Å². The maximum Gasteiger partial charge on any atom is 0.233 e. The topological polar surface area (TPSA) is 29.1 Å². The zero-order valence-corrected chi connectivity index (χ0v) is 10.6. The summed E-state index contributed by atoms with van der Waals surface area (Å²) in [6.07, 6.45) is 6.07. The van der Waals surface area contributed by atoms with Gasteiger partial charge in [-0.1, -0.05) is 35.7 Å². The summed E-state index contributed by atoms with van der Waals surface area (Å²) in [5, 5.41) is 3.09. The van der Waals surface area contributed by atoms with Crippen molar-refractivity contribution >= 4 is 21.8 Å². The summed E-state index contributed by atoms with van der Waals surface area (Å²) in [6, 6.07) is 0.344. The number of amides is 1. The SMILES string of the molecule is CCC(Br)C(=O)N[C@@H](C)C1CCCC1. The van der Waals surface area contributed by atoms with E-state index in [0.717, 1.165) is 6.42 Å². The third-order valence-corrected chi connectivity index (χ3v) is 4.18. The molecule has 82 valence electrons. The van der Waals surface area contributed by atoms with Crippen LogP contribution < -0.4 is 5.32 Å². The second-order valence-electron chi connectivity index (χ2n) is 4.22. The molecule has 1 aliphatic rings. The first-order valence-corrected chi connectivity index (χ1v) is 6.51. The van der Waals surface area contributed by atoms with Gasteiger partial charge < -0.3 is 5.32 Å². The molecule has 0 aliphatic heterocycles. The molecule has 1 aliphatic carbocycles. The summed E-state index contributed by atoms with van der Waals surface area (Å²) in [5.41, 5.74) is 0. The summed E-state index contributed by atoms with van der Waals surface area (Å²) in [5.74, 6) is 0.849. The Balaban J connectivity index is 2.31. The summed E-state index contributed by atoms with van der Waals surface area (Å²) in [7, 11) is 0. The highest BCUT2D eigenvalue weighted by atomic mass is 79.9. The zero-order chi connectivity index (χ0) is 10.6. The number of halogens is 1. The summed E-state index contributed by atoms with van der Waals surface area (Å²) in [6.45, 7) is 4.14. The molecule has 0 aromatic rings. The molecule has 3 heteroatoms. The molecular formula is C11H20BrNO. The van der Waals surface area contributed by atoms with E-state index >= 15 is 0 Å². The van der Waals surface area contributed by atoms with Crippen LogP contribution in [-0.2, 0) is 4.79 Å². The van der Waals surface area contributed by atoms with E-state index in [2.05, 4.69) is 28.2 Å². The van der Waals surface area contributed by atoms with Crippen molar-refractivity contribution in [2.24, 2.45) is 5.92 Å². The van der Waals surface area contributed by atoms with Crippen LogP contribution in [0, 0.1) is 5.92 Å². The second kappa shape index (κ2) is 5.74. The lowest BCUT2D eigenvalue weighted by molar-refractivity contribution is -0.121. The van der Waals surface area contributed by atoms with Crippen LogP contribution in [0.25, 0.3) is 0 Å². The lowest BCUT2D eigenvalue weighted by atomic mass is 10.00. The minimum absolute atomic E-state index is 0.0219. The molecule has 1 saturated carbocycles. The third kappa shape index (κ3) is 3.26. The van der Waals surface area contributed by atoms with Crippen molar-refractivity contribution < 1.29 is 4.79 Å². The number of hydrogen-bond donors (Lipinski definition) is 1. The van der Waals surface area contributed by atoms with E-state index in [0.29, 0.717) is 12.0 Å². The monoisotopic (exact) mass is 261 g/mol. The van der Waals surface area contributed by atoms with Crippen molar-refractivity contribution in [3.05, 3.63) is 0 Å². The third-order valence-electron chi connectivity index (χ3n) is 3.12. The summed E-state index contributed by atoms with van der Waals surface area (Å²) >= 11 is 3.37. The molecule has 0 aromatic carbocycles. The molecule has 2 nitrogen and oxygen atoms in total. The molecule has 0 spiro atoms. The van der Waals surface area contributed by atoms with Crippen LogP contribution in [0.5, 0.6) is 0 Å². The van der Waals surface area contributed by atoms with E-state index < -0.39 is 0 Å². The van der Waals surface area contributed by atoms with E-state index in [9.17, 15) is 4.79 Å². The lowest BCUT2D eigenvalue weighted by Crippen LogP contribution is -2.40. The second-order valence-corrected chi connectivity index (χ2v) is 5.32. The van der Waals surface area contributed by atoms with E-state index in [1.165, 1.54) is 25.7 Å².